The average molecular weight is 390 g/mol. The maximum Gasteiger partial charge on any atom is 0.292 e. The molecule has 2 saturated carbocycles. The first kappa shape index (κ1) is 20.6. The number of hydrogen-bond acceptors (Lipinski definition) is 5. The van der Waals surface area contributed by atoms with Gasteiger partial charge in [0.1, 0.15) is 5.75 Å². The van der Waals surface area contributed by atoms with Gasteiger partial charge in [-0.15, -0.1) is 0 Å². The number of amides is 1. The van der Waals surface area contributed by atoms with E-state index >= 15 is 0 Å². The summed E-state index contributed by atoms with van der Waals surface area (Å²) in [5.74, 6) is 0.106. The molecule has 7 nitrogen and oxygen atoms in total. The Hall–Kier alpha value is -2.15. The van der Waals surface area contributed by atoms with Gasteiger partial charge in [-0.25, -0.2) is 0 Å². The van der Waals surface area contributed by atoms with Crippen LogP contribution in [0.15, 0.2) is 24.3 Å². The molecule has 28 heavy (non-hydrogen) atoms. The lowest BCUT2D eigenvalue weighted by Gasteiger charge is -2.42. The molecule has 0 heterocycles. The highest BCUT2D eigenvalue weighted by Gasteiger charge is 2.37. The van der Waals surface area contributed by atoms with Crippen molar-refractivity contribution in [3.63, 3.8) is 0 Å². The summed E-state index contributed by atoms with van der Waals surface area (Å²) in [6, 6.07) is 6.34. The molecule has 154 valence electrons. The molecular weight excluding hydrogens is 360 g/mol. The molecule has 0 spiro atoms. The Kier molecular flexibility index (Phi) is 7.25. The Morgan fingerprint density at radius 2 is 1.64 bits per heavy atom. The average Bonchev–Trinajstić information content (AvgIpc) is 2.74. The fourth-order valence-corrected chi connectivity index (χ4v) is 4.49. The predicted octanol–water partition coefficient (Wildman–Crippen LogP) is 4.44. The number of rotatable bonds is 7. The van der Waals surface area contributed by atoms with E-state index in [4.69, 9.17) is 9.47 Å². The molecule has 1 unspecified atom stereocenters. The van der Waals surface area contributed by atoms with E-state index in [0.29, 0.717) is 0 Å². The molecule has 1 amide bonds. The third kappa shape index (κ3) is 5.01. The molecule has 1 aromatic carbocycles. The third-order valence-corrected chi connectivity index (χ3v) is 5.88. The van der Waals surface area contributed by atoms with Crippen LogP contribution in [0.4, 0.5) is 5.69 Å². The second-order valence-corrected chi connectivity index (χ2v) is 7.77. The Balaban J connectivity index is 1.78. The second-order valence-electron chi connectivity index (χ2n) is 7.77. The summed E-state index contributed by atoms with van der Waals surface area (Å²) in [6.45, 7) is 0. The van der Waals surface area contributed by atoms with Crippen molar-refractivity contribution in [3.8, 4) is 5.75 Å². The summed E-state index contributed by atoms with van der Waals surface area (Å²) >= 11 is 0. The first-order valence-corrected chi connectivity index (χ1v) is 10.4. The van der Waals surface area contributed by atoms with Crippen LogP contribution in [0.5, 0.6) is 5.75 Å². The van der Waals surface area contributed by atoms with E-state index in [0.717, 1.165) is 51.4 Å². The highest BCUT2D eigenvalue weighted by Crippen LogP contribution is 2.31. The zero-order chi connectivity index (χ0) is 19.9. The normalized spacial score (nSPS) is 19.8. The van der Waals surface area contributed by atoms with E-state index in [9.17, 15) is 14.9 Å². The van der Waals surface area contributed by atoms with Crippen LogP contribution in [-0.2, 0) is 9.53 Å². The van der Waals surface area contributed by atoms with Crippen molar-refractivity contribution < 1.29 is 19.2 Å². The van der Waals surface area contributed by atoms with Crippen molar-refractivity contribution in [2.24, 2.45) is 0 Å². The first-order chi connectivity index (χ1) is 13.6. The molecule has 0 aliphatic heterocycles. The van der Waals surface area contributed by atoms with Crippen LogP contribution < -0.4 is 4.74 Å². The molecule has 2 fully saturated rings. The molecule has 0 radical (unpaired) electrons. The van der Waals surface area contributed by atoms with Gasteiger partial charge in [-0.05, 0) is 31.7 Å². The molecular formula is C21H30N2O5. The first-order valence-electron chi connectivity index (χ1n) is 10.4. The zero-order valence-electron chi connectivity index (χ0n) is 16.5. The standard InChI is InChI=1S/C21H30N2O5/c1-27-21(28-19-14-8-13-18(15-19)23(25)26)20(24)22(16-9-4-2-5-10-16)17-11-6-3-7-12-17/h8,13-17,21H,2-7,9-12H2,1H3. The molecule has 0 N–H and O–H groups in total. The van der Waals surface area contributed by atoms with E-state index in [1.165, 1.54) is 32.1 Å². The van der Waals surface area contributed by atoms with Crippen LogP contribution in [0, 0.1) is 10.1 Å². The van der Waals surface area contributed by atoms with E-state index in [1.54, 1.807) is 12.1 Å². The summed E-state index contributed by atoms with van der Waals surface area (Å²) in [5.41, 5.74) is -0.0729. The number of methoxy groups -OCH3 is 1. The Morgan fingerprint density at radius 1 is 1.07 bits per heavy atom. The molecule has 2 aliphatic carbocycles. The van der Waals surface area contributed by atoms with Crippen LogP contribution in [0.25, 0.3) is 0 Å². The van der Waals surface area contributed by atoms with E-state index in [1.807, 2.05) is 4.90 Å². The van der Waals surface area contributed by atoms with Gasteiger partial charge in [0.25, 0.3) is 17.9 Å². The molecule has 0 bridgehead atoms. The van der Waals surface area contributed by atoms with Gasteiger partial charge in [-0.1, -0.05) is 44.6 Å². The van der Waals surface area contributed by atoms with Crippen molar-refractivity contribution in [1.29, 1.82) is 0 Å². The predicted molar refractivity (Wildman–Crippen MR) is 105 cm³/mol. The number of non-ortho nitro benzene ring substituents is 1. The van der Waals surface area contributed by atoms with Crippen molar-refractivity contribution in [1.82, 2.24) is 4.90 Å². The zero-order valence-corrected chi connectivity index (χ0v) is 16.5. The largest absolute Gasteiger partial charge is 0.455 e. The third-order valence-electron chi connectivity index (χ3n) is 5.88. The number of benzene rings is 1. The maximum atomic E-state index is 13.4. The van der Waals surface area contributed by atoms with Crippen LogP contribution in [0.1, 0.15) is 64.2 Å². The molecule has 2 aliphatic rings. The number of hydrogen-bond donors (Lipinski definition) is 0. The Bertz CT molecular complexity index is 651. The second kappa shape index (κ2) is 9.87. The maximum absolute atomic E-state index is 13.4. The minimum absolute atomic E-state index is 0.0729. The van der Waals surface area contributed by atoms with Crippen molar-refractivity contribution >= 4 is 11.6 Å². The van der Waals surface area contributed by atoms with Gasteiger partial charge < -0.3 is 14.4 Å². The quantitative estimate of drug-likeness (QED) is 0.390. The molecule has 7 heteroatoms. The Morgan fingerprint density at radius 3 is 2.14 bits per heavy atom. The minimum Gasteiger partial charge on any atom is -0.455 e. The lowest BCUT2D eigenvalue weighted by Crippen LogP contribution is -2.54. The SMILES string of the molecule is COC(Oc1cccc([N+](=O)[O-])c1)C(=O)N(C1CCCCC1)C1CCCCC1. The van der Waals surface area contributed by atoms with Crippen LogP contribution in [-0.4, -0.2) is 41.2 Å². The fraction of sp³-hybridized carbons (Fsp3) is 0.667. The summed E-state index contributed by atoms with van der Waals surface area (Å²) in [4.78, 5) is 26.0. The molecule has 3 rings (SSSR count). The molecule has 1 aromatic rings. The van der Waals surface area contributed by atoms with E-state index in [2.05, 4.69) is 0 Å². The lowest BCUT2D eigenvalue weighted by atomic mass is 9.88. The highest BCUT2D eigenvalue weighted by molar-refractivity contribution is 5.80. The van der Waals surface area contributed by atoms with Gasteiger partial charge in [-0.3, -0.25) is 14.9 Å². The topological polar surface area (TPSA) is 81.9 Å². The minimum atomic E-state index is -1.09. The lowest BCUT2D eigenvalue weighted by molar-refractivity contribution is -0.385. The fourth-order valence-electron chi connectivity index (χ4n) is 4.49. The van der Waals surface area contributed by atoms with E-state index in [-0.39, 0.29) is 29.4 Å². The van der Waals surface area contributed by atoms with Gasteiger partial charge in [-0.2, -0.15) is 0 Å². The van der Waals surface area contributed by atoms with Gasteiger partial charge >= 0.3 is 0 Å². The van der Waals surface area contributed by atoms with Crippen LogP contribution in [0.3, 0.4) is 0 Å². The number of carbonyl (C=O) groups excluding carboxylic acids is 1. The summed E-state index contributed by atoms with van der Waals surface area (Å²) in [7, 11) is 1.44. The number of nitrogens with zero attached hydrogens (tertiary/aromatic N) is 2. The summed E-state index contributed by atoms with van der Waals surface area (Å²) in [5, 5.41) is 11.0. The van der Waals surface area contributed by atoms with Crippen molar-refractivity contribution in [3.05, 3.63) is 34.4 Å². The number of carbonyl (C=O) groups is 1. The summed E-state index contributed by atoms with van der Waals surface area (Å²) in [6.07, 6.45) is 10.0. The van der Waals surface area contributed by atoms with Gasteiger partial charge in [0, 0.05) is 25.3 Å². The van der Waals surface area contributed by atoms with Crippen molar-refractivity contribution in [2.45, 2.75) is 82.6 Å². The van der Waals surface area contributed by atoms with Crippen LogP contribution >= 0.6 is 0 Å². The number of ether oxygens (including phenoxy) is 2. The van der Waals surface area contributed by atoms with Crippen molar-refractivity contribution in [2.75, 3.05) is 7.11 Å². The number of nitro groups is 1. The highest BCUT2D eigenvalue weighted by atomic mass is 16.7. The molecule has 0 saturated heterocycles. The smallest absolute Gasteiger partial charge is 0.292 e. The monoisotopic (exact) mass is 390 g/mol. The van der Waals surface area contributed by atoms with E-state index < -0.39 is 11.2 Å². The number of nitro benzene ring substituents is 1. The van der Waals surface area contributed by atoms with Gasteiger partial charge in [0.15, 0.2) is 0 Å². The molecule has 0 aromatic heterocycles. The Labute approximate surface area is 166 Å². The summed E-state index contributed by atoms with van der Waals surface area (Å²) < 4.78 is 11.2. The molecule has 1 atom stereocenters. The van der Waals surface area contributed by atoms with Gasteiger partial charge in [0.2, 0.25) is 0 Å². The van der Waals surface area contributed by atoms with Crippen LogP contribution in [0.2, 0.25) is 0 Å². The van der Waals surface area contributed by atoms with Gasteiger partial charge in [0.05, 0.1) is 11.0 Å².